The molecule has 0 aromatic heterocycles. The van der Waals surface area contributed by atoms with E-state index in [0.717, 1.165) is 20.6 Å². The summed E-state index contributed by atoms with van der Waals surface area (Å²) >= 11 is 8.30. The van der Waals surface area contributed by atoms with E-state index in [2.05, 4.69) is 34.7 Å². The van der Waals surface area contributed by atoms with Gasteiger partial charge in [-0.05, 0) is 58.3 Å². The highest BCUT2D eigenvalue weighted by Gasteiger charge is 2.11. The van der Waals surface area contributed by atoms with Gasteiger partial charge in [0.25, 0.3) is 0 Å². The summed E-state index contributed by atoms with van der Waals surface area (Å²) in [6.07, 6.45) is 0.831. The minimum atomic E-state index is -0.0111. The van der Waals surface area contributed by atoms with Gasteiger partial charge in [-0.15, -0.1) is 0 Å². The third-order valence-corrected chi connectivity index (χ3v) is 3.87. The van der Waals surface area contributed by atoms with Crippen molar-refractivity contribution in [3.05, 3.63) is 68.3 Å². The number of hydrogen-bond donors (Lipinski definition) is 1. The number of halogens is 2. The Bertz CT molecular complexity index is 499. The summed E-state index contributed by atoms with van der Waals surface area (Å²) < 4.78 is 1.16. The molecule has 0 aliphatic heterocycles. The lowest BCUT2D eigenvalue weighted by atomic mass is 10.00. The van der Waals surface area contributed by atoms with Gasteiger partial charge in [0.15, 0.2) is 0 Å². The van der Waals surface area contributed by atoms with Gasteiger partial charge in [-0.2, -0.15) is 0 Å². The summed E-state index contributed by atoms with van der Waals surface area (Å²) in [5.41, 5.74) is 8.59. The van der Waals surface area contributed by atoms with Crippen molar-refractivity contribution in [3.8, 4) is 0 Å². The smallest absolute Gasteiger partial charge is 0.0410 e. The summed E-state index contributed by atoms with van der Waals surface area (Å²) in [7, 11) is 0. The van der Waals surface area contributed by atoms with Crippen LogP contribution < -0.4 is 5.73 Å². The quantitative estimate of drug-likeness (QED) is 0.819. The molecule has 0 heterocycles. The van der Waals surface area contributed by atoms with E-state index in [1.165, 1.54) is 5.56 Å². The molecule has 2 aromatic carbocycles. The Hall–Kier alpha value is -0.580. The highest BCUT2D eigenvalue weighted by atomic mass is 127. The Balaban J connectivity index is 2.20. The maximum absolute atomic E-state index is 6.23. The molecule has 0 aliphatic carbocycles. The van der Waals surface area contributed by atoms with Gasteiger partial charge in [0, 0.05) is 14.6 Å². The van der Waals surface area contributed by atoms with Gasteiger partial charge >= 0.3 is 0 Å². The standard InChI is InChI=1S/C14H13ClIN/c15-11-6-7-13(16)12(9-11)14(17)8-10-4-2-1-3-5-10/h1-7,9,14H,8,17H2. The third kappa shape index (κ3) is 3.44. The number of hydrogen-bond acceptors (Lipinski definition) is 1. The van der Waals surface area contributed by atoms with E-state index in [4.69, 9.17) is 17.3 Å². The van der Waals surface area contributed by atoms with Crippen molar-refractivity contribution in [3.63, 3.8) is 0 Å². The first-order valence-corrected chi connectivity index (χ1v) is 6.87. The van der Waals surface area contributed by atoms with Crippen LogP contribution in [0.1, 0.15) is 17.2 Å². The predicted octanol–water partition coefficient (Wildman–Crippen LogP) is 4.19. The third-order valence-electron chi connectivity index (χ3n) is 2.66. The van der Waals surface area contributed by atoms with E-state index >= 15 is 0 Å². The molecule has 1 unspecified atom stereocenters. The summed E-state index contributed by atoms with van der Waals surface area (Å²) in [4.78, 5) is 0. The van der Waals surface area contributed by atoms with E-state index in [1.54, 1.807) is 0 Å². The fourth-order valence-electron chi connectivity index (χ4n) is 1.78. The van der Waals surface area contributed by atoms with Gasteiger partial charge in [-0.3, -0.25) is 0 Å². The molecular weight excluding hydrogens is 345 g/mol. The molecule has 88 valence electrons. The zero-order valence-electron chi connectivity index (χ0n) is 9.24. The zero-order chi connectivity index (χ0) is 12.3. The summed E-state index contributed by atoms with van der Waals surface area (Å²) in [5.74, 6) is 0. The molecule has 17 heavy (non-hydrogen) atoms. The molecule has 1 nitrogen and oxygen atoms in total. The molecule has 0 radical (unpaired) electrons. The minimum Gasteiger partial charge on any atom is -0.324 e. The molecule has 0 aliphatic rings. The first-order valence-electron chi connectivity index (χ1n) is 5.41. The molecule has 2 rings (SSSR count). The second-order valence-corrected chi connectivity index (χ2v) is 5.56. The van der Waals surface area contributed by atoms with Gasteiger partial charge in [0.05, 0.1) is 0 Å². The van der Waals surface area contributed by atoms with Crippen LogP contribution in [-0.2, 0) is 6.42 Å². The Morgan fingerprint density at radius 3 is 2.53 bits per heavy atom. The molecule has 0 bridgehead atoms. The predicted molar refractivity (Wildman–Crippen MR) is 81.2 cm³/mol. The van der Waals surface area contributed by atoms with E-state index in [1.807, 2.05) is 36.4 Å². The fourth-order valence-corrected chi connectivity index (χ4v) is 2.69. The van der Waals surface area contributed by atoms with Gasteiger partial charge in [0.1, 0.15) is 0 Å². The fraction of sp³-hybridized carbons (Fsp3) is 0.143. The highest BCUT2D eigenvalue weighted by molar-refractivity contribution is 14.1. The van der Waals surface area contributed by atoms with Crippen LogP contribution in [0.15, 0.2) is 48.5 Å². The Morgan fingerprint density at radius 2 is 1.82 bits per heavy atom. The van der Waals surface area contributed by atoms with Crippen molar-refractivity contribution in [2.75, 3.05) is 0 Å². The lowest BCUT2D eigenvalue weighted by Crippen LogP contribution is -2.14. The highest BCUT2D eigenvalue weighted by Crippen LogP contribution is 2.24. The van der Waals surface area contributed by atoms with E-state index in [-0.39, 0.29) is 6.04 Å². The first-order chi connectivity index (χ1) is 8.16. The van der Waals surface area contributed by atoms with Crippen LogP contribution >= 0.6 is 34.2 Å². The Labute approximate surface area is 120 Å². The maximum Gasteiger partial charge on any atom is 0.0410 e. The molecule has 3 heteroatoms. The normalized spacial score (nSPS) is 12.4. The first kappa shape index (κ1) is 12.9. The Kier molecular flexibility index (Phi) is 4.42. The molecule has 0 saturated heterocycles. The second kappa shape index (κ2) is 5.85. The number of nitrogens with two attached hydrogens (primary N) is 1. The molecule has 0 saturated carbocycles. The molecule has 0 fully saturated rings. The van der Waals surface area contributed by atoms with Crippen LogP contribution in [0.4, 0.5) is 0 Å². The molecule has 0 amide bonds. The van der Waals surface area contributed by atoms with Crippen LogP contribution in [0.3, 0.4) is 0 Å². The lowest BCUT2D eigenvalue weighted by Gasteiger charge is -2.14. The molecular formula is C14H13ClIN. The largest absolute Gasteiger partial charge is 0.324 e. The minimum absolute atomic E-state index is 0.0111. The number of benzene rings is 2. The Morgan fingerprint density at radius 1 is 1.12 bits per heavy atom. The second-order valence-electron chi connectivity index (χ2n) is 3.96. The van der Waals surface area contributed by atoms with E-state index < -0.39 is 0 Å². The topological polar surface area (TPSA) is 26.0 Å². The summed E-state index contributed by atoms with van der Waals surface area (Å²) in [6, 6.07) is 16.1. The van der Waals surface area contributed by atoms with Crippen LogP contribution in [0.2, 0.25) is 5.02 Å². The van der Waals surface area contributed by atoms with E-state index in [0.29, 0.717) is 0 Å². The van der Waals surface area contributed by atoms with Crippen molar-refractivity contribution in [2.24, 2.45) is 5.73 Å². The average molecular weight is 358 g/mol. The van der Waals surface area contributed by atoms with Gasteiger partial charge in [0.2, 0.25) is 0 Å². The molecule has 2 aromatic rings. The van der Waals surface area contributed by atoms with Gasteiger partial charge in [-0.1, -0.05) is 41.9 Å². The van der Waals surface area contributed by atoms with Gasteiger partial charge < -0.3 is 5.73 Å². The molecule has 0 spiro atoms. The lowest BCUT2D eigenvalue weighted by molar-refractivity contribution is 0.718. The van der Waals surface area contributed by atoms with E-state index in [9.17, 15) is 0 Å². The summed E-state index contributed by atoms with van der Waals surface area (Å²) in [5, 5.41) is 0.740. The van der Waals surface area contributed by atoms with Gasteiger partial charge in [-0.25, -0.2) is 0 Å². The average Bonchev–Trinajstić information content (AvgIpc) is 2.33. The monoisotopic (exact) mass is 357 g/mol. The van der Waals surface area contributed by atoms with Crippen LogP contribution in [0.5, 0.6) is 0 Å². The van der Waals surface area contributed by atoms with Crippen molar-refractivity contribution >= 4 is 34.2 Å². The van der Waals surface area contributed by atoms with Crippen LogP contribution in [-0.4, -0.2) is 0 Å². The van der Waals surface area contributed by atoms with Crippen LogP contribution in [0, 0.1) is 3.57 Å². The maximum atomic E-state index is 6.23. The summed E-state index contributed by atoms with van der Waals surface area (Å²) in [6.45, 7) is 0. The van der Waals surface area contributed by atoms with Crippen LogP contribution in [0.25, 0.3) is 0 Å². The van der Waals surface area contributed by atoms with Crippen molar-refractivity contribution in [1.29, 1.82) is 0 Å². The SMILES string of the molecule is NC(Cc1ccccc1)c1cc(Cl)ccc1I. The zero-order valence-corrected chi connectivity index (χ0v) is 12.1. The molecule has 2 N–H and O–H groups in total. The van der Waals surface area contributed by atoms with Crippen molar-refractivity contribution < 1.29 is 0 Å². The molecule has 1 atom stereocenters. The van der Waals surface area contributed by atoms with Crippen molar-refractivity contribution in [1.82, 2.24) is 0 Å². The van der Waals surface area contributed by atoms with Crippen molar-refractivity contribution in [2.45, 2.75) is 12.5 Å². The number of rotatable bonds is 3.